The van der Waals surface area contributed by atoms with Gasteiger partial charge >= 0.3 is 0 Å². The predicted octanol–water partition coefficient (Wildman–Crippen LogP) is 4.77. The molecule has 0 atom stereocenters. The second-order valence-corrected chi connectivity index (χ2v) is 6.19. The molecule has 1 N–H and O–H groups in total. The van der Waals surface area contributed by atoms with Gasteiger partial charge in [0, 0.05) is 12.1 Å². The highest BCUT2D eigenvalue weighted by Crippen LogP contribution is 2.33. The van der Waals surface area contributed by atoms with Gasteiger partial charge in [-0.1, -0.05) is 41.0 Å². The maximum absolute atomic E-state index is 14.3. The zero-order valence-electron chi connectivity index (χ0n) is 14.9. The SMILES string of the molecule is CCOc1ccccc1CNC(=O)c1c(-c2c(F)cccc2Cl)noc1C. The summed E-state index contributed by atoms with van der Waals surface area (Å²) in [4.78, 5) is 12.8. The minimum absolute atomic E-state index is 0.0379. The first-order valence-corrected chi connectivity index (χ1v) is 8.80. The summed E-state index contributed by atoms with van der Waals surface area (Å²) in [5, 5.41) is 6.80. The molecule has 0 aliphatic rings. The zero-order valence-corrected chi connectivity index (χ0v) is 15.6. The van der Waals surface area contributed by atoms with Crippen LogP contribution in [0.4, 0.5) is 4.39 Å². The number of carbonyl (C=O) groups excluding carboxylic acids is 1. The van der Waals surface area contributed by atoms with Crippen LogP contribution in [0.15, 0.2) is 47.0 Å². The number of ether oxygens (including phenoxy) is 1. The van der Waals surface area contributed by atoms with E-state index in [1.54, 1.807) is 6.92 Å². The molecular weight excluding hydrogens is 371 g/mol. The Kier molecular flexibility index (Phi) is 5.76. The standard InChI is InChI=1S/C20H18ClFN2O3/c1-3-26-16-10-5-4-7-13(16)11-23-20(25)17-12(2)27-24-19(17)18-14(21)8-6-9-15(18)22/h4-10H,3,11H2,1-2H3,(H,23,25). The smallest absolute Gasteiger partial charge is 0.257 e. The van der Waals surface area contributed by atoms with Gasteiger partial charge in [0.25, 0.3) is 5.91 Å². The number of rotatable bonds is 6. The van der Waals surface area contributed by atoms with Gasteiger partial charge in [-0.25, -0.2) is 4.39 Å². The summed E-state index contributed by atoms with van der Waals surface area (Å²) in [6.45, 7) is 4.24. The third-order valence-corrected chi connectivity index (χ3v) is 4.32. The molecule has 5 nitrogen and oxygen atoms in total. The highest BCUT2D eigenvalue weighted by atomic mass is 35.5. The van der Waals surface area contributed by atoms with Gasteiger partial charge in [0.2, 0.25) is 0 Å². The number of carbonyl (C=O) groups is 1. The molecule has 0 radical (unpaired) electrons. The van der Waals surface area contributed by atoms with E-state index in [4.69, 9.17) is 20.9 Å². The van der Waals surface area contributed by atoms with Crippen molar-refractivity contribution in [3.05, 3.63) is 70.2 Å². The van der Waals surface area contributed by atoms with Crippen LogP contribution in [-0.2, 0) is 6.54 Å². The van der Waals surface area contributed by atoms with Gasteiger partial charge in [-0.2, -0.15) is 0 Å². The minimum Gasteiger partial charge on any atom is -0.494 e. The Morgan fingerprint density at radius 3 is 2.78 bits per heavy atom. The first-order valence-electron chi connectivity index (χ1n) is 8.42. The molecule has 0 aliphatic carbocycles. The van der Waals surface area contributed by atoms with Gasteiger partial charge in [-0.15, -0.1) is 0 Å². The molecule has 0 saturated carbocycles. The van der Waals surface area contributed by atoms with Gasteiger partial charge in [0.1, 0.15) is 28.6 Å². The van der Waals surface area contributed by atoms with E-state index in [0.29, 0.717) is 12.4 Å². The molecule has 0 fully saturated rings. The highest BCUT2D eigenvalue weighted by Gasteiger charge is 2.25. The van der Waals surface area contributed by atoms with Crippen LogP contribution in [0, 0.1) is 12.7 Å². The number of aryl methyl sites for hydroxylation is 1. The van der Waals surface area contributed by atoms with Crippen LogP contribution in [0.3, 0.4) is 0 Å². The number of aromatic nitrogens is 1. The second-order valence-electron chi connectivity index (χ2n) is 5.78. The van der Waals surface area contributed by atoms with Crippen LogP contribution in [0.25, 0.3) is 11.3 Å². The van der Waals surface area contributed by atoms with Crippen LogP contribution >= 0.6 is 11.6 Å². The summed E-state index contributed by atoms with van der Waals surface area (Å²) >= 11 is 6.11. The lowest BCUT2D eigenvalue weighted by Gasteiger charge is -2.11. The predicted molar refractivity (Wildman–Crippen MR) is 100 cm³/mol. The van der Waals surface area contributed by atoms with Crippen molar-refractivity contribution in [3.63, 3.8) is 0 Å². The van der Waals surface area contributed by atoms with Gasteiger partial charge in [-0.3, -0.25) is 4.79 Å². The molecule has 140 valence electrons. The summed E-state index contributed by atoms with van der Waals surface area (Å²) in [5.41, 5.74) is 1.09. The molecule has 1 amide bonds. The van der Waals surface area contributed by atoms with Gasteiger partial charge in [0.05, 0.1) is 17.2 Å². The molecule has 0 spiro atoms. The first kappa shape index (κ1) is 18.9. The van der Waals surface area contributed by atoms with Gasteiger partial charge in [0.15, 0.2) is 0 Å². The Bertz CT molecular complexity index is 951. The molecular formula is C20H18ClFN2O3. The fourth-order valence-electron chi connectivity index (χ4n) is 2.74. The average Bonchev–Trinajstić information content (AvgIpc) is 3.02. The minimum atomic E-state index is -0.577. The molecule has 0 unspecified atom stereocenters. The van der Waals surface area contributed by atoms with Crippen molar-refractivity contribution >= 4 is 17.5 Å². The lowest BCUT2D eigenvalue weighted by Crippen LogP contribution is -2.24. The van der Waals surface area contributed by atoms with Gasteiger partial charge in [-0.05, 0) is 32.0 Å². The third-order valence-electron chi connectivity index (χ3n) is 4.00. The zero-order chi connectivity index (χ0) is 19.4. The van der Waals surface area contributed by atoms with Gasteiger partial charge < -0.3 is 14.6 Å². The van der Waals surface area contributed by atoms with Crippen LogP contribution in [0.2, 0.25) is 5.02 Å². The van der Waals surface area contributed by atoms with Crippen LogP contribution in [0.5, 0.6) is 5.75 Å². The van der Waals surface area contributed by atoms with E-state index in [9.17, 15) is 9.18 Å². The number of nitrogens with zero attached hydrogens (tertiary/aromatic N) is 1. The molecule has 0 aliphatic heterocycles. The normalized spacial score (nSPS) is 10.7. The Hall–Kier alpha value is -2.86. The van der Waals surface area contributed by atoms with Crippen molar-refractivity contribution in [3.8, 4) is 17.0 Å². The molecule has 7 heteroatoms. The van der Waals surface area contributed by atoms with Crippen molar-refractivity contribution in [2.45, 2.75) is 20.4 Å². The van der Waals surface area contributed by atoms with Crippen LogP contribution in [0.1, 0.15) is 28.6 Å². The van der Waals surface area contributed by atoms with Crippen molar-refractivity contribution in [1.82, 2.24) is 10.5 Å². The Labute approximate surface area is 161 Å². The average molecular weight is 389 g/mol. The first-order chi connectivity index (χ1) is 13.0. The molecule has 1 heterocycles. The highest BCUT2D eigenvalue weighted by molar-refractivity contribution is 6.33. The Balaban J connectivity index is 1.88. The molecule has 1 aromatic heterocycles. The number of hydrogen-bond donors (Lipinski definition) is 1. The lowest BCUT2D eigenvalue weighted by atomic mass is 10.0. The number of benzene rings is 2. The number of amides is 1. The largest absolute Gasteiger partial charge is 0.494 e. The maximum atomic E-state index is 14.3. The van der Waals surface area contributed by atoms with E-state index in [1.807, 2.05) is 31.2 Å². The number of para-hydroxylation sites is 1. The quantitative estimate of drug-likeness (QED) is 0.660. The molecule has 0 saturated heterocycles. The summed E-state index contributed by atoms with van der Waals surface area (Å²) in [6.07, 6.45) is 0. The van der Waals surface area contributed by atoms with Crippen LogP contribution in [-0.4, -0.2) is 17.7 Å². The lowest BCUT2D eigenvalue weighted by molar-refractivity contribution is 0.0949. The van der Waals surface area contributed by atoms with Crippen molar-refractivity contribution in [1.29, 1.82) is 0 Å². The summed E-state index contributed by atoms with van der Waals surface area (Å²) < 4.78 is 25.0. The van der Waals surface area contributed by atoms with Crippen molar-refractivity contribution in [2.24, 2.45) is 0 Å². The van der Waals surface area contributed by atoms with E-state index in [-0.39, 0.29) is 34.1 Å². The van der Waals surface area contributed by atoms with Crippen LogP contribution < -0.4 is 10.1 Å². The van der Waals surface area contributed by atoms with E-state index in [0.717, 1.165) is 5.56 Å². The summed E-state index contributed by atoms with van der Waals surface area (Å²) in [6, 6.07) is 11.7. The number of hydrogen-bond acceptors (Lipinski definition) is 4. The van der Waals surface area contributed by atoms with E-state index in [1.165, 1.54) is 18.2 Å². The molecule has 2 aromatic carbocycles. The van der Waals surface area contributed by atoms with Crippen molar-refractivity contribution < 1.29 is 18.4 Å². The summed E-state index contributed by atoms with van der Waals surface area (Å²) in [7, 11) is 0. The fraction of sp³-hybridized carbons (Fsp3) is 0.200. The third kappa shape index (κ3) is 3.95. The number of halogens is 2. The summed E-state index contributed by atoms with van der Waals surface area (Å²) in [5.74, 6) is -0.0412. The maximum Gasteiger partial charge on any atom is 0.257 e. The van der Waals surface area contributed by atoms with Crippen molar-refractivity contribution in [2.75, 3.05) is 6.61 Å². The Morgan fingerprint density at radius 1 is 1.26 bits per heavy atom. The van der Waals surface area contributed by atoms with E-state index < -0.39 is 11.7 Å². The number of nitrogens with one attached hydrogen (secondary N) is 1. The van der Waals surface area contributed by atoms with E-state index in [2.05, 4.69) is 10.5 Å². The second kappa shape index (κ2) is 8.22. The fourth-order valence-corrected chi connectivity index (χ4v) is 3.00. The topological polar surface area (TPSA) is 64.4 Å². The Morgan fingerprint density at radius 2 is 2.04 bits per heavy atom. The molecule has 3 aromatic rings. The molecule has 27 heavy (non-hydrogen) atoms. The monoisotopic (exact) mass is 388 g/mol. The molecule has 3 rings (SSSR count). The van der Waals surface area contributed by atoms with E-state index >= 15 is 0 Å². The molecule has 0 bridgehead atoms.